The van der Waals surface area contributed by atoms with Crippen LogP contribution in [0, 0.1) is 0 Å². The molecule has 0 aromatic carbocycles. The van der Waals surface area contributed by atoms with E-state index in [2.05, 4.69) is 30.9 Å². The minimum Gasteiger partial charge on any atom is -0.340 e. The van der Waals surface area contributed by atoms with Crippen molar-refractivity contribution in [1.29, 1.82) is 0 Å². The summed E-state index contributed by atoms with van der Waals surface area (Å²) in [7, 11) is 0. The van der Waals surface area contributed by atoms with Gasteiger partial charge in [-0.25, -0.2) is 3.11 Å². The van der Waals surface area contributed by atoms with Gasteiger partial charge in [-0.15, -0.1) is 0 Å². The fourth-order valence-corrected chi connectivity index (χ4v) is 2.92. The van der Waals surface area contributed by atoms with Crippen molar-refractivity contribution in [2.24, 2.45) is 0 Å². The van der Waals surface area contributed by atoms with Gasteiger partial charge in [-0.1, -0.05) is 0 Å². The van der Waals surface area contributed by atoms with Gasteiger partial charge in [0.15, 0.2) is 0 Å². The Balaban J connectivity index is 1.90. The summed E-state index contributed by atoms with van der Waals surface area (Å²) in [5.41, 5.74) is 0. The topological polar surface area (TPSA) is 23.6 Å². The molecule has 0 unspecified atom stereocenters. The first kappa shape index (κ1) is 10.7. The highest BCUT2D eigenvalue weighted by Crippen LogP contribution is 2.22. The Morgan fingerprint density at radius 2 is 1.86 bits per heavy atom. The lowest BCUT2D eigenvalue weighted by Gasteiger charge is -2.38. The molecule has 2 saturated heterocycles. The van der Waals surface area contributed by atoms with E-state index in [1.54, 1.807) is 0 Å². The lowest BCUT2D eigenvalue weighted by Crippen LogP contribution is -2.47. The summed E-state index contributed by atoms with van der Waals surface area (Å²) in [6.45, 7) is 3.27. The quantitative estimate of drug-likeness (QED) is 0.545. The van der Waals surface area contributed by atoms with Crippen molar-refractivity contribution in [1.82, 2.24) is 8.01 Å². The van der Waals surface area contributed by atoms with Crippen molar-refractivity contribution in [3.63, 3.8) is 0 Å². The summed E-state index contributed by atoms with van der Waals surface area (Å²) >= 11 is 2.37. The molecule has 0 atom stereocenters. The molecule has 2 heterocycles. The molecule has 0 bridgehead atoms. The van der Waals surface area contributed by atoms with Crippen molar-refractivity contribution in [2.45, 2.75) is 38.1 Å². The number of rotatable bonds is 1. The van der Waals surface area contributed by atoms with Gasteiger partial charge >= 0.3 is 0 Å². The minimum absolute atomic E-state index is 0.392. The van der Waals surface area contributed by atoms with E-state index in [1.807, 2.05) is 0 Å². The van der Waals surface area contributed by atoms with Crippen molar-refractivity contribution < 1.29 is 4.79 Å². The molecule has 2 rings (SSSR count). The van der Waals surface area contributed by atoms with Gasteiger partial charge in [0.2, 0.25) is 5.91 Å². The van der Waals surface area contributed by atoms with Crippen LogP contribution in [0.3, 0.4) is 0 Å². The Labute approximate surface area is 99.3 Å². The third kappa shape index (κ3) is 2.39. The maximum absolute atomic E-state index is 11.7. The molecule has 0 N–H and O–H groups in total. The second kappa shape index (κ2) is 4.79. The van der Waals surface area contributed by atoms with Gasteiger partial charge in [-0.2, -0.15) is 0 Å². The summed E-state index contributed by atoms with van der Waals surface area (Å²) in [5.74, 6) is 0.392. The van der Waals surface area contributed by atoms with E-state index in [1.165, 1.54) is 6.42 Å². The van der Waals surface area contributed by atoms with Crippen molar-refractivity contribution in [2.75, 3.05) is 19.6 Å². The molecule has 2 aliphatic heterocycles. The third-order valence-electron chi connectivity index (χ3n) is 3.21. The fraction of sp³-hybridized carbons (Fsp3) is 0.900. The zero-order chi connectivity index (χ0) is 9.97. The van der Waals surface area contributed by atoms with Crippen LogP contribution in [0.15, 0.2) is 0 Å². The number of carbonyl (C=O) groups is 1. The van der Waals surface area contributed by atoms with Crippen molar-refractivity contribution in [3.8, 4) is 0 Å². The molecule has 0 aromatic rings. The molecule has 80 valence electrons. The highest BCUT2D eigenvalue weighted by Gasteiger charge is 2.28. The normalized spacial score (nSPS) is 26.9. The summed E-state index contributed by atoms with van der Waals surface area (Å²) in [6.07, 6.45) is 5.41. The third-order valence-corrected chi connectivity index (χ3v) is 4.18. The van der Waals surface area contributed by atoms with Crippen LogP contribution in [0.1, 0.15) is 32.1 Å². The Hall–Kier alpha value is 0.160. The van der Waals surface area contributed by atoms with E-state index < -0.39 is 0 Å². The minimum atomic E-state index is 0.392. The second-order valence-corrected chi connectivity index (χ2v) is 5.55. The first-order valence-corrected chi connectivity index (χ1v) is 6.44. The lowest BCUT2D eigenvalue weighted by atomic mass is 10.0. The summed E-state index contributed by atoms with van der Waals surface area (Å²) in [4.78, 5) is 13.8. The van der Waals surface area contributed by atoms with Crippen LogP contribution in [0.5, 0.6) is 0 Å². The molecule has 0 aromatic heterocycles. The summed E-state index contributed by atoms with van der Waals surface area (Å²) in [5, 5.41) is 0. The number of halogens is 1. The monoisotopic (exact) mass is 308 g/mol. The van der Waals surface area contributed by atoms with Gasteiger partial charge in [0.05, 0.1) is 0 Å². The average molecular weight is 308 g/mol. The zero-order valence-electron chi connectivity index (χ0n) is 8.41. The fourth-order valence-electron chi connectivity index (χ4n) is 2.36. The molecular formula is C10H17IN2O. The molecule has 3 nitrogen and oxygen atoms in total. The molecule has 4 heteroatoms. The predicted molar refractivity (Wildman–Crippen MR) is 64.2 cm³/mol. The largest absolute Gasteiger partial charge is 0.340 e. The lowest BCUT2D eigenvalue weighted by molar-refractivity contribution is -0.136. The van der Waals surface area contributed by atoms with Gasteiger partial charge in [-0.3, -0.25) is 4.79 Å². The predicted octanol–water partition coefficient (Wildman–Crippen LogP) is 1.81. The summed E-state index contributed by atoms with van der Waals surface area (Å²) in [6, 6.07) is 0.536. The van der Waals surface area contributed by atoms with Crippen LogP contribution in [0.4, 0.5) is 0 Å². The first-order chi connectivity index (χ1) is 6.77. The number of likely N-dealkylation sites (tertiary alicyclic amines) is 1. The number of carbonyl (C=O) groups excluding carboxylic acids is 1. The Bertz CT molecular complexity index is 214. The Morgan fingerprint density at radius 1 is 1.14 bits per heavy atom. The number of amides is 1. The molecule has 1 amide bonds. The van der Waals surface area contributed by atoms with Gasteiger partial charge < -0.3 is 4.90 Å². The highest BCUT2D eigenvalue weighted by atomic mass is 127. The van der Waals surface area contributed by atoms with Crippen LogP contribution in [0.25, 0.3) is 0 Å². The van der Waals surface area contributed by atoms with Crippen molar-refractivity contribution in [3.05, 3.63) is 0 Å². The van der Waals surface area contributed by atoms with Crippen LogP contribution >= 0.6 is 22.9 Å². The molecule has 14 heavy (non-hydrogen) atoms. The van der Waals surface area contributed by atoms with Crippen LogP contribution in [-0.4, -0.2) is 39.6 Å². The van der Waals surface area contributed by atoms with E-state index in [4.69, 9.17) is 0 Å². The maximum Gasteiger partial charge on any atom is 0.222 e. The van der Waals surface area contributed by atoms with Gasteiger partial charge in [0.25, 0.3) is 0 Å². The van der Waals surface area contributed by atoms with E-state index in [0.29, 0.717) is 11.9 Å². The molecule has 0 radical (unpaired) electrons. The zero-order valence-corrected chi connectivity index (χ0v) is 10.6. The number of hydrogen-bond acceptors (Lipinski definition) is 2. The van der Waals surface area contributed by atoms with Crippen LogP contribution in [-0.2, 0) is 4.79 Å². The smallest absolute Gasteiger partial charge is 0.222 e. The maximum atomic E-state index is 11.7. The number of hydrogen-bond donors (Lipinski definition) is 0. The summed E-state index contributed by atoms with van der Waals surface area (Å²) < 4.78 is 2.32. The number of piperidine rings is 2. The molecule has 2 fully saturated rings. The van der Waals surface area contributed by atoms with Crippen LogP contribution < -0.4 is 0 Å². The van der Waals surface area contributed by atoms with Gasteiger partial charge in [0.1, 0.15) is 0 Å². The molecule has 2 aliphatic rings. The van der Waals surface area contributed by atoms with E-state index in [0.717, 1.165) is 45.3 Å². The number of nitrogens with zero attached hydrogens (tertiary/aromatic N) is 2. The van der Waals surface area contributed by atoms with Gasteiger partial charge in [-0.05, 0) is 25.7 Å². The molecule has 0 aliphatic carbocycles. The van der Waals surface area contributed by atoms with E-state index >= 15 is 0 Å². The average Bonchev–Trinajstić information content (AvgIpc) is 2.20. The first-order valence-electron chi connectivity index (χ1n) is 5.47. The molecule has 0 spiro atoms. The Morgan fingerprint density at radius 3 is 2.50 bits per heavy atom. The Kier molecular flexibility index (Phi) is 3.65. The second-order valence-electron chi connectivity index (χ2n) is 4.19. The SMILES string of the molecule is O=C1CCCCN1C1CCN(I)CC1. The molecule has 0 saturated carbocycles. The van der Waals surface area contributed by atoms with Crippen LogP contribution in [0.2, 0.25) is 0 Å². The van der Waals surface area contributed by atoms with E-state index in [-0.39, 0.29) is 0 Å². The van der Waals surface area contributed by atoms with E-state index in [9.17, 15) is 4.79 Å². The highest BCUT2D eigenvalue weighted by molar-refractivity contribution is 14.1. The molecular weight excluding hydrogens is 291 g/mol. The standard InChI is InChI=1S/C10H17IN2O/c11-12-7-4-9(5-8-12)13-6-2-1-3-10(13)14/h9H,1-8H2. The van der Waals surface area contributed by atoms with Crippen molar-refractivity contribution >= 4 is 28.8 Å². The van der Waals surface area contributed by atoms with Gasteiger partial charge in [0, 0.05) is 55.0 Å².